The Morgan fingerprint density at radius 2 is 1.53 bits per heavy atom. The Balaban J connectivity index is 2.19. The van der Waals surface area contributed by atoms with Crippen molar-refractivity contribution < 1.29 is 9.59 Å². The van der Waals surface area contributed by atoms with Gasteiger partial charge in [-0.05, 0) is 18.6 Å². The van der Waals surface area contributed by atoms with Crippen molar-refractivity contribution in [2.45, 2.75) is 51.9 Å². The van der Waals surface area contributed by atoms with Crippen molar-refractivity contribution in [3.63, 3.8) is 0 Å². The van der Waals surface area contributed by atoms with Gasteiger partial charge in [-0.25, -0.2) is 0 Å². The molecule has 1 aliphatic rings. The molecule has 0 unspecified atom stereocenters. The minimum atomic E-state index is -0.562. The van der Waals surface area contributed by atoms with Crippen LogP contribution in [0.2, 0.25) is 0 Å². The van der Waals surface area contributed by atoms with Crippen LogP contribution in [-0.2, 0) is 9.59 Å². The molecule has 4 nitrogen and oxygen atoms in total. The van der Waals surface area contributed by atoms with E-state index in [0.717, 1.165) is 12.8 Å². The van der Waals surface area contributed by atoms with Gasteiger partial charge in [0.15, 0.2) is 5.11 Å². The summed E-state index contributed by atoms with van der Waals surface area (Å²) in [5, 5.41) is 5.09. The normalized spacial score (nSPS) is 16.9. The molecule has 0 aromatic rings. The van der Waals surface area contributed by atoms with E-state index in [0.29, 0.717) is 6.42 Å². The smallest absolute Gasteiger partial charge is 0.238 e. The standard InChI is InChI=1S/C12H20N2O2S/c1-2-3-4-5-6-7-8-9-10(15)13-12(17)14-11(9)16/h9H,2-8H2,1H3,(H2,13,14,15,16,17). The van der Waals surface area contributed by atoms with E-state index in [1.165, 1.54) is 25.7 Å². The third-order valence-corrected chi connectivity index (χ3v) is 3.16. The highest BCUT2D eigenvalue weighted by Gasteiger charge is 2.31. The highest BCUT2D eigenvalue weighted by molar-refractivity contribution is 7.80. The van der Waals surface area contributed by atoms with Crippen molar-refractivity contribution >= 4 is 29.1 Å². The zero-order valence-corrected chi connectivity index (χ0v) is 11.1. The van der Waals surface area contributed by atoms with E-state index in [1.807, 2.05) is 0 Å². The van der Waals surface area contributed by atoms with Gasteiger partial charge in [-0.2, -0.15) is 0 Å². The lowest BCUT2D eigenvalue weighted by atomic mass is 9.97. The maximum atomic E-state index is 11.5. The van der Waals surface area contributed by atoms with Gasteiger partial charge in [-0.15, -0.1) is 0 Å². The minimum Gasteiger partial charge on any atom is -0.302 e. The number of unbranched alkanes of at least 4 members (excludes halogenated alkanes) is 5. The maximum Gasteiger partial charge on any atom is 0.238 e. The molecule has 0 radical (unpaired) electrons. The average Bonchev–Trinajstić information content (AvgIpc) is 2.26. The first-order chi connectivity index (χ1) is 8.15. The van der Waals surface area contributed by atoms with E-state index >= 15 is 0 Å². The lowest BCUT2D eigenvalue weighted by Gasteiger charge is -2.22. The molecule has 5 heteroatoms. The summed E-state index contributed by atoms with van der Waals surface area (Å²) in [5.74, 6) is -1.08. The van der Waals surface area contributed by atoms with Crippen LogP contribution >= 0.6 is 12.2 Å². The molecule has 17 heavy (non-hydrogen) atoms. The van der Waals surface area contributed by atoms with Gasteiger partial charge in [0, 0.05) is 0 Å². The van der Waals surface area contributed by atoms with Gasteiger partial charge in [0.25, 0.3) is 0 Å². The van der Waals surface area contributed by atoms with Crippen LogP contribution in [0.4, 0.5) is 0 Å². The summed E-state index contributed by atoms with van der Waals surface area (Å²) in [5.41, 5.74) is 0. The molecule has 1 rings (SSSR count). The molecule has 1 aliphatic heterocycles. The van der Waals surface area contributed by atoms with Crippen LogP contribution in [0.25, 0.3) is 0 Å². The minimum absolute atomic E-state index is 0.124. The second kappa shape index (κ2) is 7.37. The fraction of sp³-hybridized carbons (Fsp3) is 0.750. The topological polar surface area (TPSA) is 58.2 Å². The van der Waals surface area contributed by atoms with E-state index in [-0.39, 0.29) is 16.9 Å². The van der Waals surface area contributed by atoms with Gasteiger partial charge in [-0.3, -0.25) is 9.59 Å². The second-order valence-electron chi connectivity index (χ2n) is 4.42. The number of rotatable bonds is 7. The van der Waals surface area contributed by atoms with Gasteiger partial charge >= 0.3 is 0 Å². The van der Waals surface area contributed by atoms with Crippen LogP contribution in [0.5, 0.6) is 0 Å². The Bertz CT molecular complexity index is 285. The molecule has 2 N–H and O–H groups in total. The third-order valence-electron chi connectivity index (χ3n) is 2.95. The number of thiocarbonyl (C=S) groups is 1. The van der Waals surface area contributed by atoms with Crippen LogP contribution in [0.3, 0.4) is 0 Å². The zero-order valence-electron chi connectivity index (χ0n) is 10.3. The van der Waals surface area contributed by atoms with E-state index in [2.05, 4.69) is 17.6 Å². The second-order valence-corrected chi connectivity index (χ2v) is 4.82. The molecule has 0 atom stereocenters. The molecule has 1 saturated heterocycles. The monoisotopic (exact) mass is 256 g/mol. The van der Waals surface area contributed by atoms with E-state index in [9.17, 15) is 9.59 Å². The molecular weight excluding hydrogens is 236 g/mol. The molecule has 0 saturated carbocycles. The summed E-state index contributed by atoms with van der Waals surface area (Å²) >= 11 is 4.73. The van der Waals surface area contributed by atoms with Crippen LogP contribution in [0.1, 0.15) is 51.9 Å². The molecule has 2 amide bonds. The molecule has 0 aliphatic carbocycles. The van der Waals surface area contributed by atoms with Gasteiger partial charge in [0.1, 0.15) is 5.92 Å². The summed E-state index contributed by atoms with van der Waals surface area (Å²) in [6, 6.07) is 0. The summed E-state index contributed by atoms with van der Waals surface area (Å²) in [6.07, 6.45) is 7.53. The number of carbonyl (C=O) groups excluding carboxylic acids is 2. The highest BCUT2D eigenvalue weighted by atomic mass is 32.1. The Morgan fingerprint density at radius 1 is 1.00 bits per heavy atom. The third kappa shape index (κ3) is 4.81. The van der Waals surface area contributed by atoms with Crippen molar-refractivity contribution in [3.05, 3.63) is 0 Å². The Morgan fingerprint density at radius 3 is 2.12 bits per heavy atom. The summed E-state index contributed by atoms with van der Waals surface area (Å²) in [4.78, 5) is 23.0. The Kier molecular flexibility index (Phi) is 6.11. The molecule has 1 heterocycles. The first-order valence-electron chi connectivity index (χ1n) is 6.31. The van der Waals surface area contributed by atoms with Crippen LogP contribution in [-0.4, -0.2) is 16.9 Å². The van der Waals surface area contributed by atoms with Crippen molar-refractivity contribution in [3.8, 4) is 0 Å². The molecular formula is C12H20N2O2S. The van der Waals surface area contributed by atoms with E-state index in [1.54, 1.807) is 0 Å². The van der Waals surface area contributed by atoms with Gasteiger partial charge in [0.2, 0.25) is 11.8 Å². The van der Waals surface area contributed by atoms with Crippen molar-refractivity contribution in [2.75, 3.05) is 0 Å². The zero-order chi connectivity index (χ0) is 12.7. The van der Waals surface area contributed by atoms with Crippen LogP contribution in [0.15, 0.2) is 0 Å². The maximum absolute atomic E-state index is 11.5. The summed E-state index contributed by atoms with van der Waals surface area (Å²) < 4.78 is 0. The Labute approximate surface area is 108 Å². The SMILES string of the molecule is CCCCCCCCC1C(=O)NC(=S)NC1=O. The van der Waals surface area contributed by atoms with Crippen molar-refractivity contribution in [1.29, 1.82) is 0 Å². The highest BCUT2D eigenvalue weighted by Crippen LogP contribution is 2.14. The molecule has 0 aromatic heterocycles. The summed E-state index contributed by atoms with van der Waals surface area (Å²) in [6.45, 7) is 2.18. The quantitative estimate of drug-likeness (QED) is 0.415. The molecule has 0 bridgehead atoms. The lowest BCUT2D eigenvalue weighted by molar-refractivity contribution is -0.135. The van der Waals surface area contributed by atoms with Gasteiger partial charge in [0.05, 0.1) is 0 Å². The molecule has 0 aromatic carbocycles. The predicted molar refractivity (Wildman–Crippen MR) is 70.4 cm³/mol. The van der Waals surface area contributed by atoms with Crippen LogP contribution < -0.4 is 10.6 Å². The van der Waals surface area contributed by atoms with Gasteiger partial charge in [-0.1, -0.05) is 45.4 Å². The first-order valence-corrected chi connectivity index (χ1v) is 6.71. The van der Waals surface area contributed by atoms with Crippen LogP contribution in [0, 0.1) is 5.92 Å². The number of nitrogens with one attached hydrogen (secondary N) is 2. The Hall–Kier alpha value is -0.970. The average molecular weight is 256 g/mol. The van der Waals surface area contributed by atoms with Crippen molar-refractivity contribution in [2.24, 2.45) is 5.92 Å². The molecule has 0 spiro atoms. The van der Waals surface area contributed by atoms with E-state index in [4.69, 9.17) is 12.2 Å². The number of hydrogen-bond donors (Lipinski definition) is 2. The fourth-order valence-electron chi connectivity index (χ4n) is 1.94. The van der Waals surface area contributed by atoms with Crippen molar-refractivity contribution in [1.82, 2.24) is 10.6 Å². The largest absolute Gasteiger partial charge is 0.302 e. The number of hydrogen-bond acceptors (Lipinski definition) is 3. The van der Waals surface area contributed by atoms with Gasteiger partial charge < -0.3 is 10.6 Å². The fourth-order valence-corrected chi connectivity index (χ4v) is 2.14. The lowest BCUT2D eigenvalue weighted by Crippen LogP contribution is -2.55. The predicted octanol–water partition coefficient (Wildman–Crippen LogP) is 1.88. The number of carbonyl (C=O) groups is 2. The molecule has 96 valence electrons. The molecule has 1 fully saturated rings. The summed E-state index contributed by atoms with van der Waals surface area (Å²) in [7, 11) is 0. The van der Waals surface area contributed by atoms with E-state index < -0.39 is 5.92 Å². The number of amides is 2. The first kappa shape index (κ1) is 14.1.